The number of aryl methyl sites for hydroxylation is 1. The summed E-state index contributed by atoms with van der Waals surface area (Å²) in [5.74, 6) is 1.35. The van der Waals surface area contributed by atoms with Gasteiger partial charge in [0.2, 0.25) is 0 Å². The van der Waals surface area contributed by atoms with Crippen molar-refractivity contribution in [2.45, 2.75) is 78.0 Å². The van der Waals surface area contributed by atoms with Gasteiger partial charge in [-0.3, -0.25) is 0 Å². The minimum absolute atomic E-state index is 0.472. The normalized spacial score (nSPS) is 15.6. The van der Waals surface area contributed by atoms with E-state index in [1.165, 1.54) is 50.5 Å². The molecular formula is C25H34ClNO2. The van der Waals surface area contributed by atoms with Crippen molar-refractivity contribution in [2.24, 2.45) is 0 Å². The Labute approximate surface area is 180 Å². The molecule has 2 aromatic rings. The molecule has 0 heterocycles. The lowest BCUT2D eigenvalue weighted by Crippen LogP contribution is -2.29. The summed E-state index contributed by atoms with van der Waals surface area (Å²) in [6.07, 6.45) is 9.32. The summed E-state index contributed by atoms with van der Waals surface area (Å²) in [5.41, 5.74) is 3.50. The van der Waals surface area contributed by atoms with Crippen LogP contribution in [0.3, 0.4) is 0 Å². The van der Waals surface area contributed by atoms with Gasteiger partial charge in [0.05, 0.1) is 11.6 Å². The summed E-state index contributed by atoms with van der Waals surface area (Å²) in [7, 11) is 0. The maximum atomic E-state index is 6.60. The Bertz CT molecular complexity index is 752. The van der Waals surface area contributed by atoms with Gasteiger partial charge in [0.1, 0.15) is 6.61 Å². The molecule has 0 bridgehead atoms. The summed E-state index contributed by atoms with van der Waals surface area (Å²) < 4.78 is 11.9. The number of rotatable bonds is 8. The molecule has 158 valence electrons. The fourth-order valence-electron chi connectivity index (χ4n) is 3.89. The van der Waals surface area contributed by atoms with E-state index in [9.17, 15) is 0 Å². The van der Waals surface area contributed by atoms with E-state index in [1.54, 1.807) is 0 Å². The van der Waals surface area contributed by atoms with Crippen molar-refractivity contribution < 1.29 is 9.47 Å². The van der Waals surface area contributed by atoms with Crippen molar-refractivity contribution in [1.82, 2.24) is 5.32 Å². The van der Waals surface area contributed by atoms with Crippen LogP contribution in [0.25, 0.3) is 0 Å². The summed E-state index contributed by atoms with van der Waals surface area (Å²) >= 11 is 6.60. The summed E-state index contributed by atoms with van der Waals surface area (Å²) in [5, 5.41) is 4.34. The molecule has 1 aliphatic carbocycles. The maximum Gasteiger partial charge on any atom is 0.180 e. The number of hydrogen-bond donors (Lipinski definition) is 1. The van der Waals surface area contributed by atoms with Crippen LogP contribution in [0.1, 0.15) is 68.6 Å². The van der Waals surface area contributed by atoms with Crippen LogP contribution in [0.4, 0.5) is 0 Å². The molecule has 0 atom stereocenters. The van der Waals surface area contributed by atoms with Crippen molar-refractivity contribution >= 4 is 11.6 Å². The molecule has 1 saturated carbocycles. The van der Waals surface area contributed by atoms with Crippen LogP contribution in [0.15, 0.2) is 36.4 Å². The molecule has 1 N–H and O–H groups in total. The van der Waals surface area contributed by atoms with Crippen molar-refractivity contribution in [1.29, 1.82) is 0 Å². The first kappa shape index (κ1) is 22.0. The molecule has 29 heavy (non-hydrogen) atoms. The van der Waals surface area contributed by atoms with Crippen LogP contribution >= 0.6 is 11.6 Å². The molecule has 0 radical (unpaired) electrons. The third-order valence-corrected chi connectivity index (χ3v) is 5.85. The van der Waals surface area contributed by atoms with Gasteiger partial charge >= 0.3 is 0 Å². The SMILES string of the molecule is CCOc1cc(CNC2CCCCCCC2)cc(Cl)c1OCc1ccc(C)cc1. The Hall–Kier alpha value is -1.71. The second-order valence-corrected chi connectivity index (χ2v) is 8.44. The van der Waals surface area contributed by atoms with Gasteiger partial charge in [-0.15, -0.1) is 0 Å². The van der Waals surface area contributed by atoms with Crippen LogP contribution in [-0.2, 0) is 13.2 Å². The van der Waals surface area contributed by atoms with Crippen molar-refractivity contribution in [3.8, 4) is 11.5 Å². The average Bonchev–Trinajstić information content (AvgIpc) is 2.68. The Morgan fingerprint density at radius 1 is 0.931 bits per heavy atom. The van der Waals surface area contributed by atoms with Crippen LogP contribution in [-0.4, -0.2) is 12.6 Å². The molecule has 1 aliphatic rings. The highest BCUT2D eigenvalue weighted by atomic mass is 35.5. The number of nitrogens with one attached hydrogen (secondary N) is 1. The summed E-state index contributed by atoms with van der Waals surface area (Å²) in [4.78, 5) is 0. The predicted octanol–water partition coefficient (Wildman–Crippen LogP) is 6.83. The Balaban J connectivity index is 1.65. The van der Waals surface area contributed by atoms with Crippen LogP contribution in [0.5, 0.6) is 11.5 Å². The highest BCUT2D eigenvalue weighted by Gasteiger charge is 2.15. The molecule has 2 aromatic carbocycles. The molecule has 0 saturated heterocycles. The Kier molecular flexibility index (Phi) is 8.69. The fraction of sp³-hybridized carbons (Fsp3) is 0.520. The van der Waals surface area contributed by atoms with Gasteiger partial charge in [0.15, 0.2) is 11.5 Å². The lowest BCUT2D eigenvalue weighted by molar-refractivity contribution is 0.269. The molecule has 0 spiro atoms. The first-order chi connectivity index (χ1) is 14.2. The molecule has 0 aliphatic heterocycles. The van der Waals surface area contributed by atoms with E-state index in [4.69, 9.17) is 21.1 Å². The zero-order valence-electron chi connectivity index (χ0n) is 17.8. The third kappa shape index (κ3) is 6.94. The van der Waals surface area contributed by atoms with Gasteiger partial charge in [0, 0.05) is 12.6 Å². The average molecular weight is 416 g/mol. The molecule has 3 rings (SSSR count). The third-order valence-electron chi connectivity index (χ3n) is 5.57. The summed E-state index contributed by atoms with van der Waals surface area (Å²) in [6, 6.07) is 13.0. The van der Waals surface area contributed by atoms with E-state index in [2.05, 4.69) is 42.6 Å². The van der Waals surface area contributed by atoms with Crippen LogP contribution in [0, 0.1) is 6.92 Å². The fourth-order valence-corrected chi connectivity index (χ4v) is 4.18. The topological polar surface area (TPSA) is 30.5 Å². The molecule has 3 nitrogen and oxygen atoms in total. The maximum absolute atomic E-state index is 6.60. The van der Waals surface area contributed by atoms with Gasteiger partial charge in [-0.05, 0) is 49.9 Å². The lowest BCUT2D eigenvalue weighted by Gasteiger charge is -2.22. The van der Waals surface area contributed by atoms with E-state index in [1.807, 2.05) is 13.0 Å². The van der Waals surface area contributed by atoms with E-state index < -0.39 is 0 Å². The largest absolute Gasteiger partial charge is 0.490 e. The van der Waals surface area contributed by atoms with E-state index >= 15 is 0 Å². The lowest BCUT2D eigenvalue weighted by atomic mass is 9.96. The van der Waals surface area contributed by atoms with Gasteiger partial charge in [-0.25, -0.2) is 0 Å². The first-order valence-corrected chi connectivity index (χ1v) is 11.4. The van der Waals surface area contributed by atoms with Crippen LogP contribution in [0.2, 0.25) is 5.02 Å². The first-order valence-electron chi connectivity index (χ1n) is 11.0. The standard InChI is InChI=1S/C25H34ClNO2/c1-3-28-24-16-21(17-27-22-9-7-5-4-6-8-10-22)15-23(26)25(24)29-18-20-13-11-19(2)12-14-20/h11-16,22,27H,3-10,17-18H2,1-2H3. The minimum atomic E-state index is 0.472. The highest BCUT2D eigenvalue weighted by Crippen LogP contribution is 2.37. The zero-order valence-corrected chi connectivity index (χ0v) is 18.6. The van der Waals surface area contributed by atoms with Gasteiger partial charge in [0.25, 0.3) is 0 Å². The van der Waals surface area contributed by atoms with Crippen molar-refractivity contribution in [3.63, 3.8) is 0 Å². The van der Waals surface area contributed by atoms with E-state index in [0.29, 0.717) is 30.0 Å². The monoisotopic (exact) mass is 415 g/mol. The molecule has 4 heteroatoms. The van der Waals surface area contributed by atoms with E-state index in [-0.39, 0.29) is 0 Å². The molecule has 1 fully saturated rings. The molecular weight excluding hydrogens is 382 g/mol. The number of halogens is 1. The minimum Gasteiger partial charge on any atom is -0.490 e. The highest BCUT2D eigenvalue weighted by molar-refractivity contribution is 6.32. The van der Waals surface area contributed by atoms with Gasteiger partial charge < -0.3 is 14.8 Å². The second kappa shape index (κ2) is 11.5. The Morgan fingerprint density at radius 2 is 1.62 bits per heavy atom. The Morgan fingerprint density at radius 3 is 2.31 bits per heavy atom. The summed E-state index contributed by atoms with van der Waals surface area (Å²) in [6.45, 7) is 5.92. The zero-order chi connectivity index (χ0) is 20.5. The van der Waals surface area contributed by atoms with Crippen molar-refractivity contribution in [3.05, 3.63) is 58.1 Å². The number of hydrogen-bond acceptors (Lipinski definition) is 3. The quantitative estimate of drug-likeness (QED) is 0.512. The molecule has 0 aromatic heterocycles. The number of benzene rings is 2. The molecule has 0 amide bonds. The molecule has 0 unspecified atom stereocenters. The van der Waals surface area contributed by atoms with Gasteiger partial charge in [-0.2, -0.15) is 0 Å². The number of ether oxygens (including phenoxy) is 2. The van der Waals surface area contributed by atoms with Crippen molar-refractivity contribution in [2.75, 3.05) is 6.61 Å². The van der Waals surface area contributed by atoms with E-state index in [0.717, 1.165) is 23.4 Å². The second-order valence-electron chi connectivity index (χ2n) is 8.04. The van der Waals surface area contributed by atoms with Crippen LogP contribution < -0.4 is 14.8 Å². The smallest absolute Gasteiger partial charge is 0.180 e. The van der Waals surface area contributed by atoms with Gasteiger partial charge in [-0.1, -0.05) is 73.5 Å². The predicted molar refractivity (Wildman–Crippen MR) is 121 cm³/mol.